The quantitative estimate of drug-likeness (QED) is 0.125. The summed E-state index contributed by atoms with van der Waals surface area (Å²) in [6, 6.07) is 11.2. The van der Waals surface area contributed by atoms with Crippen molar-refractivity contribution in [2.75, 3.05) is 25.0 Å². The van der Waals surface area contributed by atoms with Gasteiger partial charge in [-0.15, -0.1) is 9.98 Å². The van der Waals surface area contributed by atoms with Gasteiger partial charge in [0.2, 0.25) is 11.9 Å². The summed E-state index contributed by atoms with van der Waals surface area (Å²) in [6.07, 6.45) is -0.833. The summed E-state index contributed by atoms with van der Waals surface area (Å²) in [6.45, 7) is 21.1. The van der Waals surface area contributed by atoms with Gasteiger partial charge in [-0.3, -0.25) is 15.4 Å². The minimum absolute atomic E-state index is 0.0625. The van der Waals surface area contributed by atoms with E-state index in [-0.39, 0.29) is 37.1 Å². The molecule has 59 heavy (non-hydrogen) atoms. The monoisotopic (exact) mass is 823 g/mol. The summed E-state index contributed by atoms with van der Waals surface area (Å²) < 4.78 is 36.7. The lowest BCUT2D eigenvalue weighted by molar-refractivity contribution is 0.0539. The van der Waals surface area contributed by atoms with Crippen LogP contribution in [-0.4, -0.2) is 89.1 Å². The second kappa shape index (κ2) is 19.6. The van der Waals surface area contributed by atoms with Crippen LogP contribution < -0.4 is 21.3 Å². The van der Waals surface area contributed by atoms with E-state index in [1.165, 1.54) is 18.2 Å². The molecule has 0 radical (unpaired) electrons. The van der Waals surface area contributed by atoms with Crippen LogP contribution in [0.15, 0.2) is 58.5 Å². The molecule has 0 atom stereocenters. The summed E-state index contributed by atoms with van der Waals surface area (Å²) in [5.41, 5.74) is -0.720. The van der Waals surface area contributed by atoms with Crippen LogP contribution in [0.2, 0.25) is 0 Å². The van der Waals surface area contributed by atoms with Gasteiger partial charge in [-0.25, -0.2) is 23.6 Å². The summed E-state index contributed by atoms with van der Waals surface area (Å²) >= 11 is 0. The van der Waals surface area contributed by atoms with E-state index < -0.39 is 58.5 Å². The molecule has 0 spiro atoms. The maximum atomic E-state index is 15.5. The highest BCUT2D eigenvalue weighted by Gasteiger charge is 2.26. The third-order valence-electron chi connectivity index (χ3n) is 7.42. The van der Waals surface area contributed by atoms with Gasteiger partial charge in [0.15, 0.2) is 0 Å². The molecule has 4 N–H and O–H groups in total. The number of nitrogens with zero attached hydrogens (tertiary/aromatic N) is 3. The summed E-state index contributed by atoms with van der Waals surface area (Å²) in [5.74, 6) is -1.30. The van der Waals surface area contributed by atoms with Crippen molar-refractivity contribution >= 4 is 53.5 Å². The molecule has 0 unspecified atom stereocenters. The van der Waals surface area contributed by atoms with E-state index in [2.05, 4.69) is 31.3 Å². The van der Waals surface area contributed by atoms with Crippen LogP contribution in [0.5, 0.6) is 0 Å². The van der Waals surface area contributed by atoms with Crippen LogP contribution in [0.3, 0.4) is 0 Å². The SMILES string of the molecule is CC(C)(C)OC(=O)/N=C(/NCCc1ccc(NC(=O)c2ccc(C3=CCN(/C(=N\C(=O)OC(C)(C)C)NC(=O)OC(C)(C)C)CC3)c(F)c2)cc1)NC(=O)OC(C)(C)C. The van der Waals surface area contributed by atoms with Crippen molar-refractivity contribution < 1.29 is 47.3 Å². The Kier molecular flexibility index (Phi) is 15.8. The molecule has 0 fully saturated rings. The van der Waals surface area contributed by atoms with E-state index in [4.69, 9.17) is 18.9 Å². The highest BCUT2D eigenvalue weighted by atomic mass is 19.1. The van der Waals surface area contributed by atoms with Crippen LogP contribution in [0.1, 0.15) is 111 Å². The van der Waals surface area contributed by atoms with Crippen molar-refractivity contribution in [3.8, 4) is 0 Å². The van der Waals surface area contributed by atoms with Crippen molar-refractivity contribution in [1.82, 2.24) is 20.9 Å². The summed E-state index contributed by atoms with van der Waals surface area (Å²) in [5, 5.41) is 10.7. The van der Waals surface area contributed by atoms with Crippen LogP contribution >= 0.6 is 0 Å². The third kappa shape index (κ3) is 18.0. The van der Waals surface area contributed by atoms with E-state index in [9.17, 15) is 24.0 Å². The minimum Gasteiger partial charge on any atom is -0.444 e. The maximum absolute atomic E-state index is 15.5. The number of ether oxygens (including phenoxy) is 4. The molecule has 0 saturated heterocycles. The third-order valence-corrected chi connectivity index (χ3v) is 7.42. The predicted molar refractivity (Wildman–Crippen MR) is 223 cm³/mol. The Morgan fingerprint density at radius 1 is 0.712 bits per heavy atom. The first-order valence-corrected chi connectivity index (χ1v) is 19.2. The van der Waals surface area contributed by atoms with Crippen LogP contribution in [0.4, 0.5) is 29.3 Å². The summed E-state index contributed by atoms with van der Waals surface area (Å²) in [7, 11) is 0. The maximum Gasteiger partial charge on any atom is 0.437 e. The van der Waals surface area contributed by atoms with Gasteiger partial charge in [0, 0.05) is 36.4 Å². The highest BCUT2D eigenvalue weighted by molar-refractivity contribution is 6.04. The first kappa shape index (κ1) is 47.4. The Labute approximate surface area is 345 Å². The van der Waals surface area contributed by atoms with Gasteiger partial charge in [-0.05, 0) is 131 Å². The van der Waals surface area contributed by atoms with Gasteiger partial charge in [-0.1, -0.05) is 24.3 Å². The first-order valence-electron chi connectivity index (χ1n) is 19.2. The largest absolute Gasteiger partial charge is 0.444 e. The van der Waals surface area contributed by atoms with E-state index in [1.807, 2.05) is 0 Å². The number of carbonyl (C=O) groups is 5. The number of benzene rings is 2. The Hall–Kier alpha value is -6.00. The van der Waals surface area contributed by atoms with Gasteiger partial charge in [0.1, 0.15) is 28.2 Å². The number of guanidine groups is 2. The Balaban J connectivity index is 1.63. The van der Waals surface area contributed by atoms with Gasteiger partial charge in [0.25, 0.3) is 5.91 Å². The molecule has 322 valence electrons. The molecule has 2 aromatic rings. The van der Waals surface area contributed by atoms with Gasteiger partial charge in [-0.2, -0.15) is 0 Å². The normalized spacial score (nSPS) is 14.1. The fourth-order valence-corrected chi connectivity index (χ4v) is 5.14. The number of halogens is 1. The summed E-state index contributed by atoms with van der Waals surface area (Å²) in [4.78, 5) is 72.4. The molecule has 0 aromatic heterocycles. The van der Waals surface area contributed by atoms with E-state index in [1.54, 1.807) is 118 Å². The van der Waals surface area contributed by atoms with Crippen LogP contribution in [0, 0.1) is 5.82 Å². The van der Waals surface area contributed by atoms with Crippen LogP contribution in [-0.2, 0) is 25.4 Å². The topological polar surface area (TPSA) is 198 Å². The average Bonchev–Trinajstić information content (AvgIpc) is 3.05. The molecule has 16 nitrogen and oxygen atoms in total. The molecule has 1 heterocycles. The Morgan fingerprint density at radius 2 is 1.25 bits per heavy atom. The molecule has 0 bridgehead atoms. The lowest BCUT2D eigenvalue weighted by Gasteiger charge is -2.30. The van der Waals surface area contributed by atoms with Gasteiger partial charge in [0.05, 0.1) is 0 Å². The molecule has 0 aliphatic carbocycles. The number of carbonyl (C=O) groups excluding carboxylic acids is 5. The van der Waals surface area contributed by atoms with E-state index in [0.717, 1.165) is 5.56 Å². The average molecular weight is 824 g/mol. The standard InChI is InChI=1S/C42H58FN7O9/c1-39(2,3)56-35(52)46-33(47-36(53)57-40(4,5)6)44-22-19-26-13-16-29(17-14-26)45-32(51)28-15-18-30(31(43)25-28)27-20-23-50(24-21-27)34(48-37(54)58-41(7,8)9)49-38(55)59-42(10,11)12/h13-18,20,25H,19,21-24H2,1-12H3,(H,45,51)(H,48,49,54,55)(H2,44,46,47,52,53). The predicted octanol–water partition coefficient (Wildman–Crippen LogP) is 7.93. The number of hydrogen-bond donors (Lipinski definition) is 4. The van der Waals surface area contributed by atoms with E-state index in [0.29, 0.717) is 29.7 Å². The number of alkyl carbamates (subject to hydrolysis) is 2. The number of aliphatic imine (C=N–C) groups is 2. The number of hydrogen-bond acceptors (Lipinski definition) is 9. The van der Waals surface area contributed by atoms with Gasteiger partial charge < -0.3 is 34.5 Å². The van der Waals surface area contributed by atoms with Crippen molar-refractivity contribution in [1.29, 1.82) is 0 Å². The second-order valence-corrected chi connectivity index (χ2v) is 17.6. The fourth-order valence-electron chi connectivity index (χ4n) is 5.14. The zero-order valence-corrected chi connectivity index (χ0v) is 36.0. The van der Waals surface area contributed by atoms with Crippen molar-refractivity contribution in [3.05, 3.63) is 71.0 Å². The van der Waals surface area contributed by atoms with Crippen LogP contribution in [0.25, 0.3) is 5.57 Å². The fraction of sp³-hybridized carbons (Fsp3) is 0.500. The molecule has 1 aliphatic heterocycles. The van der Waals surface area contributed by atoms with Crippen molar-refractivity contribution in [2.45, 2.75) is 118 Å². The lowest BCUT2D eigenvalue weighted by Crippen LogP contribution is -2.48. The van der Waals surface area contributed by atoms with Crippen molar-refractivity contribution in [2.24, 2.45) is 9.98 Å². The molecule has 3 rings (SSSR count). The highest BCUT2D eigenvalue weighted by Crippen LogP contribution is 2.26. The molecule has 0 saturated carbocycles. The molecule has 1 aliphatic rings. The van der Waals surface area contributed by atoms with E-state index >= 15 is 4.39 Å². The van der Waals surface area contributed by atoms with Gasteiger partial charge >= 0.3 is 24.4 Å². The molecular weight excluding hydrogens is 765 g/mol. The number of nitrogens with one attached hydrogen (secondary N) is 4. The Bertz CT molecular complexity index is 1950. The lowest BCUT2D eigenvalue weighted by atomic mass is 9.97. The number of rotatable bonds is 6. The smallest absolute Gasteiger partial charge is 0.437 e. The molecule has 17 heteroatoms. The number of amides is 5. The molecule has 2 aromatic carbocycles. The van der Waals surface area contributed by atoms with Crippen molar-refractivity contribution in [3.63, 3.8) is 0 Å². The molecular formula is C42H58FN7O9. The second-order valence-electron chi connectivity index (χ2n) is 17.6. The zero-order valence-electron chi connectivity index (χ0n) is 36.0. The zero-order chi connectivity index (χ0) is 44.3. The number of anilines is 1. The first-order chi connectivity index (χ1) is 27.1. The Morgan fingerprint density at radius 3 is 1.76 bits per heavy atom. The molecule has 5 amide bonds. The minimum atomic E-state index is -0.893.